The summed E-state index contributed by atoms with van der Waals surface area (Å²) in [5, 5.41) is 0. The molecule has 0 aromatic heterocycles. The third kappa shape index (κ3) is 3.37. The van der Waals surface area contributed by atoms with Crippen LogP contribution >= 0.6 is 0 Å². The molecule has 0 spiro atoms. The Morgan fingerprint density at radius 2 is 1.14 bits per heavy atom. The fourth-order valence-electron chi connectivity index (χ4n) is 11.9. The van der Waals surface area contributed by atoms with Gasteiger partial charge in [-0.05, 0) is 148 Å². The van der Waals surface area contributed by atoms with Crippen LogP contribution in [0.15, 0.2) is 12.1 Å². The van der Waals surface area contributed by atoms with E-state index in [2.05, 4.69) is 32.9 Å². The number of hydrogen-bond acceptors (Lipinski definition) is 2. The Morgan fingerprint density at radius 3 is 1.54 bits per heavy atom. The van der Waals surface area contributed by atoms with E-state index < -0.39 is 0 Å². The van der Waals surface area contributed by atoms with Gasteiger partial charge in [0.05, 0.1) is 6.61 Å². The summed E-state index contributed by atoms with van der Waals surface area (Å²) in [5.74, 6) is 7.60. The standard InChI is InChI=1S/C33H46O2/c1-19(2)31(28-18-34-28)35-27-5-4-20(3)29(32-12-21-6-22(13-32)8-23(7-21)14-32)30(27)33-15-24-9-25(16-33)11-26(10-24)17-33/h4-5,19,21-26,28,31H,6-18H2,1-3H3. The van der Waals surface area contributed by atoms with Crippen LogP contribution in [-0.4, -0.2) is 18.8 Å². The second-order valence-electron chi connectivity index (χ2n) is 15.2. The molecule has 2 unspecified atom stereocenters. The van der Waals surface area contributed by atoms with Crippen LogP contribution in [0.2, 0.25) is 0 Å². The summed E-state index contributed by atoms with van der Waals surface area (Å²) in [6, 6.07) is 4.86. The van der Waals surface area contributed by atoms with Gasteiger partial charge in [-0.3, -0.25) is 0 Å². The third-order valence-corrected chi connectivity index (χ3v) is 12.2. The smallest absolute Gasteiger partial charge is 0.129 e. The number of epoxide rings is 1. The number of benzene rings is 1. The van der Waals surface area contributed by atoms with Crippen LogP contribution in [0, 0.1) is 48.3 Å². The number of hydrogen-bond donors (Lipinski definition) is 0. The molecule has 1 heterocycles. The quantitative estimate of drug-likeness (QED) is 0.393. The predicted molar refractivity (Wildman–Crippen MR) is 140 cm³/mol. The molecule has 0 amide bonds. The van der Waals surface area contributed by atoms with Crippen molar-refractivity contribution < 1.29 is 9.47 Å². The van der Waals surface area contributed by atoms with Gasteiger partial charge >= 0.3 is 0 Å². The van der Waals surface area contributed by atoms with E-state index in [-0.39, 0.29) is 6.10 Å². The Morgan fingerprint density at radius 1 is 0.714 bits per heavy atom. The second-order valence-corrected chi connectivity index (χ2v) is 15.2. The van der Waals surface area contributed by atoms with E-state index in [4.69, 9.17) is 9.47 Å². The van der Waals surface area contributed by atoms with Crippen LogP contribution < -0.4 is 4.74 Å². The molecule has 1 aliphatic heterocycles. The van der Waals surface area contributed by atoms with Gasteiger partial charge in [-0.1, -0.05) is 19.9 Å². The summed E-state index contributed by atoms with van der Waals surface area (Å²) in [5.41, 5.74) is 5.95. The molecule has 1 aromatic rings. The lowest BCUT2D eigenvalue weighted by Gasteiger charge is -2.61. The van der Waals surface area contributed by atoms with Crippen LogP contribution in [0.1, 0.15) is 108 Å². The largest absolute Gasteiger partial charge is 0.487 e. The summed E-state index contributed by atoms with van der Waals surface area (Å²) in [7, 11) is 0. The molecular formula is C33H46O2. The zero-order chi connectivity index (χ0) is 23.5. The summed E-state index contributed by atoms with van der Waals surface area (Å²) in [4.78, 5) is 0. The topological polar surface area (TPSA) is 21.8 Å². The minimum atomic E-state index is 0.189. The van der Waals surface area contributed by atoms with E-state index in [1.54, 1.807) is 11.1 Å². The molecular weight excluding hydrogens is 428 g/mol. The van der Waals surface area contributed by atoms with E-state index in [1.807, 2.05) is 5.56 Å². The Bertz CT molecular complexity index is 944. The molecule has 0 N–H and O–H groups in total. The third-order valence-electron chi connectivity index (χ3n) is 12.2. The molecule has 190 valence electrons. The molecule has 2 heteroatoms. The van der Waals surface area contributed by atoms with Crippen molar-refractivity contribution in [1.29, 1.82) is 0 Å². The molecule has 0 radical (unpaired) electrons. The van der Waals surface area contributed by atoms with Crippen molar-refractivity contribution in [3.63, 3.8) is 0 Å². The molecule has 8 bridgehead atoms. The fraction of sp³-hybridized carbons (Fsp3) is 0.818. The van der Waals surface area contributed by atoms with Gasteiger partial charge in [-0.15, -0.1) is 0 Å². The first-order chi connectivity index (χ1) is 16.9. The fourth-order valence-corrected chi connectivity index (χ4v) is 11.9. The monoisotopic (exact) mass is 474 g/mol. The highest BCUT2D eigenvalue weighted by Crippen LogP contribution is 2.67. The highest BCUT2D eigenvalue weighted by Gasteiger charge is 2.58. The van der Waals surface area contributed by atoms with Gasteiger partial charge in [0.2, 0.25) is 0 Å². The Labute approximate surface area is 212 Å². The molecule has 2 nitrogen and oxygen atoms in total. The normalized spacial score (nSPS) is 47.5. The second kappa shape index (κ2) is 7.52. The maximum Gasteiger partial charge on any atom is 0.129 e. The molecule has 1 saturated heterocycles. The zero-order valence-corrected chi connectivity index (χ0v) is 22.4. The highest BCUT2D eigenvalue weighted by molar-refractivity contribution is 5.55. The molecule has 8 saturated carbocycles. The van der Waals surface area contributed by atoms with E-state index in [0.717, 1.165) is 42.1 Å². The van der Waals surface area contributed by atoms with Crippen LogP contribution in [0.5, 0.6) is 5.75 Å². The maximum absolute atomic E-state index is 7.15. The van der Waals surface area contributed by atoms with Gasteiger partial charge in [0.25, 0.3) is 0 Å². The van der Waals surface area contributed by atoms with Crippen LogP contribution in [0.3, 0.4) is 0 Å². The molecule has 2 atom stereocenters. The van der Waals surface area contributed by atoms with Crippen LogP contribution in [-0.2, 0) is 15.6 Å². The Hall–Kier alpha value is -1.02. The summed E-state index contributed by atoms with van der Waals surface area (Å²) < 4.78 is 13.0. The van der Waals surface area contributed by atoms with Gasteiger partial charge in [0.15, 0.2) is 0 Å². The average molecular weight is 475 g/mol. The van der Waals surface area contributed by atoms with Crippen molar-refractivity contribution in [3.05, 3.63) is 28.8 Å². The molecule has 1 aromatic carbocycles. The number of aryl methyl sites for hydroxylation is 1. The zero-order valence-electron chi connectivity index (χ0n) is 22.4. The van der Waals surface area contributed by atoms with Crippen LogP contribution in [0.4, 0.5) is 0 Å². The molecule has 9 aliphatic rings. The predicted octanol–water partition coefficient (Wildman–Crippen LogP) is 7.73. The van der Waals surface area contributed by atoms with E-state index in [0.29, 0.717) is 22.9 Å². The molecule has 8 aliphatic carbocycles. The summed E-state index contributed by atoms with van der Waals surface area (Å²) in [6.45, 7) is 7.99. The lowest BCUT2D eigenvalue weighted by atomic mass is 9.43. The van der Waals surface area contributed by atoms with E-state index >= 15 is 0 Å². The highest BCUT2D eigenvalue weighted by atomic mass is 16.6. The SMILES string of the molecule is Cc1ccc(OC(C(C)C)C2CO2)c(C23CC4CC(CC(C4)C2)C3)c1C12CC3CC(CC(C3)C1)C2. The van der Waals surface area contributed by atoms with Crippen molar-refractivity contribution >= 4 is 0 Å². The van der Waals surface area contributed by atoms with Gasteiger partial charge < -0.3 is 9.47 Å². The molecule has 9 fully saturated rings. The van der Waals surface area contributed by atoms with Crippen molar-refractivity contribution in [2.75, 3.05) is 6.61 Å². The lowest BCUT2D eigenvalue weighted by Crippen LogP contribution is -2.53. The van der Waals surface area contributed by atoms with Gasteiger partial charge in [0, 0.05) is 11.0 Å². The van der Waals surface area contributed by atoms with Crippen molar-refractivity contribution in [2.24, 2.45) is 41.4 Å². The minimum Gasteiger partial charge on any atom is -0.487 e. The summed E-state index contributed by atoms with van der Waals surface area (Å²) in [6.07, 6.45) is 18.3. The van der Waals surface area contributed by atoms with Crippen molar-refractivity contribution in [2.45, 2.75) is 121 Å². The van der Waals surface area contributed by atoms with Crippen molar-refractivity contribution in [1.82, 2.24) is 0 Å². The molecule has 10 rings (SSSR count). The van der Waals surface area contributed by atoms with Gasteiger partial charge in [-0.2, -0.15) is 0 Å². The maximum atomic E-state index is 7.15. The Kier molecular flexibility index (Phi) is 4.73. The average Bonchev–Trinajstić information content (AvgIpc) is 3.61. The number of rotatable bonds is 6. The van der Waals surface area contributed by atoms with Crippen molar-refractivity contribution in [3.8, 4) is 5.75 Å². The summed E-state index contributed by atoms with van der Waals surface area (Å²) >= 11 is 0. The van der Waals surface area contributed by atoms with E-state index in [1.165, 1.54) is 82.8 Å². The minimum absolute atomic E-state index is 0.189. The molecule has 35 heavy (non-hydrogen) atoms. The number of ether oxygens (including phenoxy) is 2. The first kappa shape index (κ1) is 22.0. The lowest BCUT2D eigenvalue weighted by molar-refractivity contribution is -0.0195. The van der Waals surface area contributed by atoms with E-state index in [9.17, 15) is 0 Å². The Balaban J connectivity index is 1.31. The van der Waals surface area contributed by atoms with Gasteiger partial charge in [-0.25, -0.2) is 0 Å². The first-order valence-corrected chi connectivity index (χ1v) is 15.3. The first-order valence-electron chi connectivity index (χ1n) is 15.3. The van der Waals surface area contributed by atoms with Crippen LogP contribution in [0.25, 0.3) is 0 Å². The van der Waals surface area contributed by atoms with Gasteiger partial charge in [0.1, 0.15) is 18.0 Å².